The fraction of sp³-hybridized carbons (Fsp3) is 0.280. The van der Waals surface area contributed by atoms with Crippen LogP contribution in [-0.4, -0.2) is 31.8 Å². The number of nitrogens with zero attached hydrogens (tertiary/aromatic N) is 1. The van der Waals surface area contributed by atoms with E-state index in [1.807, 2.05) is 24.4 Å². The number of hydrogen-bond donors (Lipinski definition) is 2. The molecule has 2 aromatic carbocycles. The number of rotatable bonds is 10. The van der Waals surface area contributed by atoms with Gasteiger partial charge in [-0.05, 0) is 61.7 Å². The molecule has 2 N–H and O–H groups in total. The van der Waals surface area contributed by atoms with Crippen LogP contribution in [0.5, 0.6) is 11.5 Å². The van der Waals surface area contributed by atoms with Crippen LogP contribution in [0, 0.1) is 11.3 Å². The first kappa shape index (κ1) is 21.5. The zero-order valence-electron chi connectivity index (χ0n) is 17.9. The Morgan fingerprint density at radius 2 is 2.00 bits per heavy atom. The van der Waals surface area contributed by atoms with Crippen LogP contribution in [0.15, 0.2) is 57.9 Å². The van der Waals surface area contributed by atoms with Crippen LogP contribution in [0.3, 0.4) is 0 Å². The van der Waals surface area contributed by atoms with Crippen molar-refractivity contribution in [2.75, 3.05) is 26.8 Å². The van der Waals surface area contributed by atoms with Crippen LogP contribution in [0.1, 0.15) is 24.0 Å². The monoisotopic (exact) mass is 431 g/mol. The van der Waals surface area contributed by atoms with Crippen LogP contribution in [0.4, 0.5) is 0 Å². The minimum absolute atomic E-state index is 0.395. The van der Waals surface area contributed by atoms with Crippen molar-refractivity contribution in [3.05, 3.63) is 70.2 Å². The van der Waals surface area contributed by atoms with Crippen molar-refractivity contribution in [3.63, 3.8) is 0 Å². The molecule has 0 aliphatic heterocycles. The Morgan fingerprint density at radius 1 is 1.09 bits per heavy atom. The first-order chi connectivity index (χ1) is 15.7. The number of aromatic nitrogens is 1. The largest absolute Gasteiger partial charge is 0.493 e. The zero-order valence-corrected chi connectivity index (χ0v) is 17.9. The van der Waals surface area contributed by atoms with Crippen molar-refractivity contribution in [2.45, 2.75) is 19.3 Å². The molecule has 164 valence electrons. The third-order valence-corrected chi connectivity index (χ3v) is 5.39. The average molecular weight is 431 g/mol. The summed E-state index contributed by atoms with van der Waals surface area (Å²) in [4.78, 5) is 14.7. The van der Waals surface area contributed by atoms with Gasteiger partial charge in [-0.1, -0.05) is 0 Å². The summed E-state index contributed by atoms with van der Waals surface area (Å²) in [6.45, 7) is 2.05. The molecule has 0 atom stereocenters. The van der Waals surface area contributed by atoms with E-state index in [4.69, 9.17) is 19.2 Å². The molecule has 0 spiro atoms. The average Bonchev–Trinajstić information content (AvgIpc) is 3.22. The Bertz CT molecular complexity index is 1320. The van der Waals surface area contributed by atoms with Gasteiger partial charge in [-0.25, -0.2) is 4.79 Å². The number of aryl methyl sites for hydroxylation is 1. The lowest BCUT2D eigenvalue weighted by Crippen LogP contribution is -2.22. The molecule has 0 aliphatic carbocycles. The Morgan fingerprint density at radius 3 is 2.84 bits per heavy atom. The number of aromatic amines is 1. The molecule has 0 fully saturated rings. The summed E-state index contributed by atoms with van der Waals surface area (Å²) in [6, 6.07) is 14.5. The number of ether oxygens (including phenoxy) is 2. The van der Waals surface area contributed by atoms with E-state index >= 15 is 0 Å². The fourth-order valence-electron chi connectivity index (χ4n) is 3.73. The van der Waals surface area contributed by atoms with Crippen molar-refractivity contribution in [1.29, 1.82) is 5.26 Å². The minimum atomic E-state index is -0.395. The molecular weight excluding hydrogens is 406 g/mol. The number of nitrogens with one attached hydrogen (secondary N) is 2. The number of methoxy groups -OCH3 is 1. The summed E-state index contributed by atoms with van der Waals surface area (Å²) in [7, 11) is 1.58. The van der Waals surface area contributed by atoms with Crippen molar-refractivity contribution in [1.82, 2.24) is 10.3 Å². The van der Waals surface area contributed by atoms with Gasteiger partial charge in [0.2, 0.25) is 0 Å². The number of hydrogen-bond acceptors (Lipinski definition) is 6. The third kappa shape index (κ3) is 4.93. The van der Waals surface area contributed by atoms with Crippen LogP contribution >= 0.6 is 0 Å². The molecule has 0 bridgehead atoms. The zero-order chi connectivity index (χ0) is 22.3. The summed E-state index contributed by atoms with van der Waals surface area (Å²) in [6.07, 6.45) is 5.09. The van der Waals surface area contributed by atoms with Crippen LogP contribution in [0.2, 0.25) is 0 Å². The predicted octanol–water partition coefficient (Wildman–Crippen LogP) is 4.15. The Kier molecular flexibility index (Phi) is 6.73. The van der Waals surface area contributed by atoms with Gasteiger partial charge in [0.05, 0.1) is 18.7 Å². The quantitative estimate of drug-likeness (QED) is 0.289. The minimum Gasteiger partial charge on any atom is -0.493 e. The van der Waals surface area contributed by atoms with E-state index in [0.717, 1.165) is 42.1 Å². The maximum absolute atomic E-state index is 11.4. The van der Waals surface area contributed by atoms with Crippen molar-refractivity contribution in [2.24, 2.45) is 0 Å². The molecule has 0 unspecified atom stereocenters. The lowest BCUT2D eigenvalue weighted by atomic mass is 10.1. The van der Waals surface area contributed by atoms with Crippen LogP contribution in [0.25, 0.3) is 21.9 Å². The van der Waals surface area contributed by atoms with E-state index in [0.29, 0.717) is 35.8 Å². The molecule has 32 heavy (non-hydrogen) atoms. The van der Waals surface area contributed by atoms with Crippen molar-refractivity contribution >= 4 is 21.9 Å². The topological polar surface area (TPSA) is 100 Å². The van der Waals surface area contributed by atoms with E-state index < -0.39 is 5.63 Å². The van der Waals surface area contributed by atoms with E-state index in [1.165, 1.54) is 11.6 Å². The highest BCUT2D eigenvalue weighted by molar-refractivity contribution is 5.84. The second-order valence-corrected chi connectivity index (χ2v) is 7.54. The van der Waals surface area contributed by atoms with Gasteiger partial charge in [-0.15, -0.1) is 0 Å². The van der Waals surface area contributed by atoms with Gasteiger partial charge < -0.3 is 24.2 Å². The first-order valence-electron chi connectivity index (χ1n) is 10.6. The standard InChI is InChI=1S/C25H25N3O4/c1-30-23-13-18-6-8-25(29)32-22(18)14-24(23)31-11-10-27-9-3-2-4-19-16-28-21-7-5-17(15-26)12-20(19)21/h5-8,12-14,16,27-28H,2-4,9-11H2,1H3. The van der Waals surface area contributed by atoms with Crippen molar-refractivity contribution < 1.29 is 13.9 Å². The molecule has 0 radical (unpaired) electrons. The summed E-state index contributed by atoms with van der Waals surface area (Å²) in [5, 5.41) is 14.4. The predicted molar refractivity (Wildman–Crippen MR) is 123 cm³/mol. The highest BCUT2D eigenvalue weighted by atomic mass is 16.5. The Balaban J connectivity index is 1.20. The number of nitriles is 1. The second kappa shape index (κ2) is 10.0. The molecule has 0 amide bonds. The Hall–Kier alpha value is -3.76. The summed E-state index contributed by atoms with van der Waals surface area (Å²) >= 11 is 0. The number of unbranched alkanes of at least 4 members (excludes halogenated alkanes) is 1. The molecule has 7 nitrogen and oxygen atoms in total. The van der Waals surface area contributed by atoms with E-state index in [1.54, 1.807) is 25.3 Å². The van der Waals surface area contributed by atoms with Crippen LogP contribution in [-0.2, 0) is 6.42 Å². The molecular formula is C25H25N3O4. The lowest BCUT2D eigenvalue weighted by molar-refractivity contribution is 0.292. The fourth-order valence-corrected chi connectivity index (χ4v) is 3.73. The number of benzene rings is 2. The Labute approximate surface area is 185 Å². The molecule has 0 saturated heterocycles. The molecule has 2 aromatic heterocycles. The molecule has 0 saturated carbocycles. The van der Waals surface area contributed by atoms with Gasteiger partial charge >= 0.3 is 5.63 Å². The molecule has 0 aliphatic rings. The van der Waals surface area contributed by atoms with Crippen molar-refractivity contribution in [3.8, 4) is 17.6 Å². The van der Waals surface area contributed by atoms with Gasteiger partial charge in [-0.3, -0.25) is 0 Å². The normalized spacial score (nSPS) is 11.0. The lowest BCUT2D eigenvalue weighted by Gasteiger charge is -2.12. The van der Waals surface area contributed by atoms with Gasteiger partial charge in [0.25, 0.3) is 0 Å². The first-order valence-corrected chi connectivity index (χ1v) is 10.6. The van der Waals surface area contributed by atoms with Gasteiger partial charge in [-0.2, -0.15) is 5.26 Å². The molecule has 7 heteroatoms. The highest BCUT2D eigenvalue weighted by Crippen LogP contribution is 2.31. The number of H-pyrrole nitrogens is 1. The maximum atomic E-state index is 11.4. The summed E-state index contributed by atoms with van der Waals surface area (Å²) in [5.74, 6) is 1.15. The van der Waals surface area contributed by atoms with E-state index in [-0.39, 0.29) is 0 Å². The van der Waals surface area contributed by atoms with E-state index in [9.17, 15) is 4.79 Å². The molecule has 4 aromatic rings. The second-order valence-electron chi connectivity index (χ2n) is 7.54. The van der Waals surface area contributed by atoms with Gasteiger partial charge in [0.15, 0.2) is 11.5 Å². The SMILES string of the molecule is COc1cc2ccc(=O)oc2cc1OCCNCCCCc1c[nH]c2ccc(C#N)cc12. The maximum Gasteiger partial charge on any atom is 0.336 e. The van der Waals surface area contributed by atoms with E-state index in [2.05, 4.69) is 16.4 Å². The smallest absolute Gasteiger partial charge is 0.336 e. The number of fused-ring (bicyclic) bond motifs is 2. The summed E-state index contributed by atoms with van der Waals surface area (Å²) < 4.78 is 16.4. The van der Waals surface area contributed by atoms with Gasteiger partial charge in [0.1, 0.15) is 12.2 Å². The molecule has 4 rings (SSSR count). The molecule has 2 heterocycles. The van der Waals surface area contributed by atoms with Crippen LogP contribution < -0.4 is 20.4 Å². The van der Waals surface area contributed by atoms with Gasteiger partial charge in [0, 0.05) is 41.2 Å². The highest BCUT2D eigenvalue weighted by Gasteiger charge is 2.09. The third-order valence-electron chi connectivity index (χ3n) is 5.39. The summed E-state index contributed by atoms with van der Waals surface area (Å²) in [5.41, 5.74) is 3.08.